The van der Waals surface area contributed by atoms with E-state index in [1.165, 1.54) is 11.3 Å². The molecule has 1 radical (unpaired) electrons. The molecule has 0 aliphatic carbocycles. The number of hydrogen-bond donors (Lipinski definition) is 0. The average Bonchev–Trinajstić information content (AvgIpc) is 2.72. The molecule has 1 amide bonds. The van der Waals surface area contributed by atoms with Gasteiger partial charge in [0.2, 0.25) is 0 Å². The first kappa shape index (κ1) is 8.75. The summed E-state index contributed by atoms with van der Waals surface area (Å²) in [6.07, 6.45) is 2.13. The molecule has 0 unspecified atom stereocenters. The van der Waals surface area contributed by atoms with E-state index in [-0.39, 0.29) is 11.9 Å². The van der Waals surface area contributed by atoms with Crippen molar-refractivity contribution >= 4 is 17.2 Å². The van der Waals surface area contributed by atoms with E-state index in [1.54, 1.807) is 0 Å². The van der Waals surface area contributed by atoms with Crippen molar-refractivity contribution in [3.05, 3.63) is 29.3 Å². The second-order valence-electron chi connectivity index (χ2n) is 3.27. The molecule has 0 saturated carbocycles. The molecule has 1 aromatic rings. The average molecular weight is 194 g/mol. The minimum atomic E-state index is 0.146. The highest BCUT2D eigenvalue weighted by atomic mass is 32.1. The molecule has 69 valence electrons. The Bertz CT molecular complexity index is 294. The molecule has 1 atom stereocenters. The molecule has 0 N–H and O–H groups in total. The molecule has 0 bridgehead atoms. The standard InChI is InChI=1S/C10H12NOS/c1-8-4-2-6-11(8)10(12)9-5-3-7-13-9/h3,5,7-8H,1-2,4,6H2/t8-/m0/s1. The van der Waals surface area contributed by atoms with E-state index < -0.39 is 0 Å². The number of rotatable bonds is 1. The molecule has 1 saturated heterocycles. The van der Waals surface area contributed by atoms with Gasteiger partial charge in [-0.2, -0.15) is 0 Å². The summed E-state index contributed by atoms with van der Waals surface area (Å²) in [5, 5.41) is 1.93. The molecule has 2 rings (SSSR count). The summed E-state index contributed by atoms with van der Waals surface area (Å²) in [5.41, 5.74) is 0. The fraction of sp³-hybridized carbons (Fsp3) is 0.400. The lowest BCUT2D eigenvalue weighted by Crippen LogP contribution is -2.33. The zero-order valence-corrected chi connectivity index (χ0v) is 8.22. The molecule has 2 nitrogen and oxygen atoms in total. The first-order valence-corrected chi connectivity index (χ1v) is 5.34. The molecule has 1 aliphatic rings. The Kier molecular flexibility index (Phi) is 2.36. The predicted molar refractivity (Wildman–Crippen MR) is 53.7 cm³/mol. The first-order valence-electron chi connectivity index (χ1n) is 4.46. The zero-order chi connectivity index (χ0) is 9.26. The number of thiophene rings is 1. The van der Waals surface area contributed by atoms with Gasteiger partial charge in [-0.15, -0.1) is 11.3 Å². The Hall–Kier alpha value is -0.830. The van der Waals surface area contributed by atoms with Crippen molar-refractivity contribution in [1.29, 1.82) is 0 Å². The van der Waals surface area contributed by atoms with Gasteiger partial charge < -0.3 is 4.90 Å². The maximum atomic E-state index is 11.8. The van der Waals surface area contributed by atoms with Crippen molar-refractivity contribution < 1.29 is 4.79 Å². The van der Waals surface area contributed by atoms with E-state index in [1.807, 2.05) is 22.4 Å². The van der Waals surface area contributed by atoms with E-state index in [4.69, 9.17) is 0 Å². The molecular weight excluding hydrogens is 182 g/mol. The zero-order valence-electron chi connectivity index (χ0n) is 7.40. The third-order valence-corrected chi connectivity index (χ3v) is 3.23. The normalized spacial score (nSPS) is 22.2. The molecule has 0 aromatic carbocycles. The van der Waals surface area contributed by atoms with Crippen LogP contribution in [0, 0.1) is 6.92 Å². The fourth-order valence-corrected chi connectivity index (χ4v) is 2.32. The van der Waals surface area contributed by atoms with Crippen LogP contribution in [0.15, 0.2) is 17.5 Å². The van der Waals surface area contributed by atoms with Crippen LogP contribution < -0.4 is 0 Å². The van der Waals surface area contributed by atoms with Crippen molar-refractivity contribution in [3.63, 3.8) is 0 Å². The topological polar surface area (TPSA) is 20.3 Å². The minimum absolute atomic E-state index is 0.146. The van der Waals surface area contributed by atoms with Gasteiger partial charge in [-0.1, -0.05) is 6.07 Å². The molecule has 2 heterocycles. The number of hydrogen-bond acceptors (Lipinski definition) is 2. The molecule has 3 heteroatoms. The lowest BCUT2D eigenvalue weighted by molar-refractivity contribution is 0.0765. The highest BCUT2D eigenvalue weighted by molar-refractivity contribution is 7.12. The van der Waals surface area contributed by atoms with Crippen molar-refractivity contribution in [3.8, 4) is 0 Å². The lowest BCUT2D eigenvalue weighted by Gasteiger charge is -2.20. The number of nitrogens with zero attached hydrogens (tertiary/aromatic N) is 1. The van der Waals surface area contributed by atoms with Gasteiger partial charge in [0.05, 0.1) is 4.88 Å². The maximum Gasteiger partial charge on any atom is 0.264 e. The highest BCUT2D eigenvalue weighted by Crippen LogP contribution is 2.21. The van der Waals surface area contributed by atoms with Gasteiger partial charge in [0.15, 0.2) is 0 Å². The Morgan fingerprint density at radius 3 is 3.08 bits per heavy atom. The number of likely N-dealkylation sites (tertiary alicyclic amines) is 1. The van der Waals surface area contributed by atoms with Gasteiger partial charge >= 0.3 is 0 Å². The van der Waals surface area contributed by atoms with Gasteiger partial charge in [-0.05, 0) is 31.2 Å². The second-order valence-corrected chi connectivity index (χ2v) is 4.22. The smallest absolute Gasteiger partial charge is 0.264 e. The Morgan fingerprint density at radius 1 is 1.69 bits per heavy atom. The predicted octanol–water partition coefficient (Wildman–Crippen LogP) is 2.19. The quantitative estimate of drug-likeness (QED) is 0.671. The van der Waals surface area contributed by atoms with Crippen LogP contribution in [-0.4, -0.2) is 23.4 Å². The molecule has 13 heavy (non-hydrogen) atoms. The minimum Gasteiger partial charge on any atom is -0.335 e. The summed E-state index contributed by atoms with van der Waals surface area (Å²) in [4.78, 5) is 14.5. The largest absolute Gasteiger partial charge is 0.335 e. The first-order chi connectivity index (χ1) is 6.29. The van der Waals surface area contributed by atoms with E-state index in [0.29, 0.717) is 0 Å². The van der Waals surface area contributed by atoms with Crippen LogP contribution in [0.25, 0.3) is 0 Å². The summed E-state index contributed by atoms with van der Waals surface area (Å²) in [6.45, 7) is 4.83. The summed E-state index contributed by atoms with van der Waals surface area (Å²) < 4.78 is 0. The number of carbonyl (C=O) groups excluding carboxylic acids is 1. The molecule has 1 aromatic heterocycles. The van der Waals surface area contributed by atoms with Crippen molar-refractivity contribution in [2.75, 3.05) is 6.54 Å². The summed E-state index contributed by atoms with van der Waals surface area (Å²) in [6, 6.07) is 3.96. The van der Waals surface area contributed by atoms with Crippen molar-refractivity contribution in [1.82, 2.24) is 4.90 Å². The third kappa shape index (κ3) is 1.61. The maximum absolute atomic E-state index is 11.8. The van der Waals surface area contributed by atoms with Crippen molar-refractivity contribution in [2.24, 2.45) is 0 Å². The highest BCUT2D eigenvalue weighted by Gasteiger charge is 2.26. The summed E-state index contributed by atoms with van der Waals surface area (Å²) in [5.74, 6) is 0.146. The summed E-state index contributed by atoms with van der Waals surface area (Å²) in [7, 11) is 0. The van der Waals surface area contributed by atoms with E-state index in [2.05, 4.69) is 6.92 Å². The second kappa shape index (κ2) is 3.50. The monoisotopic (exact) mass is 194 g/mol. The van der Waals surface area contributed by atoms with Crippen LogP contribution in [0.5, 0.6) is 0 Å². The van der Waals surface area contributed by atoms with Crippen LogP contribution in [0.3, 0.4) is 0 Å². The van der Waals surface area contributed by atoms with Crippen LogP contribution >= 0.6 is 11.3 Å². The van der Waals surface area contributed by atoms with E-state index >= 15 is 0 Å². The van der Waals surface area contributed by atoms with E-state index in [0.717, 1.165) is 24.3 Å². The van der Waals surface area contributed by atoms with Gasteiger partial charge in [-0.25, -0.2) is 0 Å². The fourth-order valence-electron chi connectivity index (χ4n) is 1.64. The molecule has 0 spiro atoms. The third-order valence-electron chi connectivity index (χ3n) is 2.37. The van der Waals surface area contributed by atoms with Gasteiger partial charge in [-0.3, -0.25) is 4.79 Å². The SMILES string of the molecule is [CH2][C@H]1CCCN1C(=O)c1cccs1. The van der Waals surface area contributed by atoms with E-state index in [9.17, 15) is 4.79 Å². The Balaban J connectivity index is 2.13. The molecule has 1 fully saturated rings. The summed E-state index contributed by atoms with van der Waals surface area (Å²) >= 11 is 1.50. The Morgan fingerprint density at radius 2 is 2.54 bits per heavy atom. The lowest BCUT2D eigenvalue weighted by atomic mass is 10.2. The van der Waals surface area contributed by atoms with Crippen LogP contribution in [0.1, 0.15) is 22.5 Å². The number of carbonyl (C=O) groups is 1. The molecule has 1 aliphatic heterocycles. The van der Waals surface area contributed by atoms with Gasteiger partial charge in [0.1, 0.15) is 0 Å². The van der Waals surface area contributed by atoms with Crippen LogP contribution in [-0.2, 0) is 0 Å². The molecular formula is C10H12NOS. The number of amides is 1. The van der Waals surface area contributed by atoms with Crippen molar-refractivity contribution in [2.45, 2.75) is 18.9 Å². The van der Waals surface area contributed by atoms with Gasteiger partial charge in [0.25, 0.3) is 5.91 Å². The van der Waals surface area contributed by atoms with Crippen LogP contribution in [0.2, 0.25) is 0 Å². The van der Waals surface area contributed by atoms with Gasteiger partial charge in [0, 0.05) is 12.6 Å². The van der Waals surface area contributed by atoms with Crippen LogP contribution in [0.4, 0.5) is 0 Å². The Labute approximate surface area is 82.2 Å².